The Hall–Kier alpha value is -0.170. The van der Waals surface area contributed by atoms with Crippen LogP contribution < -0.4 is 15.2 Å². The average molecular weight is 207 g/mol. The van der Waals surface area contributed by atoms with Crippen LogP contribution in [-0.2, 0) is 10.2 Å². The minimum atomic E-state index is -3.33. The van der Waals surface area contributed by atoms with Crippen LogP contribution in [0.2, 0.25) is 0 Å². The topological polar surface area (TPSA) is 84.2 Å². The van der Waals surface area contributed by atoms with Crippen molar-refractivity contribution < 1.29 is 8.42 Å². The molecule has 0 radical (unpaired) electrons. The van der Waals surface area contributed by atoms with Crippen molar-refractivity contribution in [1.82, 2.24) is 9.44 Å². The largest absolute Gasteiger partial charge is 0.326 e. The molecule has 1 aliphatic carbocycles. The van der Waals surface area contributed by atoms with Crippen LogP contribution in [0.1, 0.15) is 26.2 Å². The van der Waals surface area contributed by atoms with E-state index in [0.29, 0.717) is 6.54 Å². The predicted octanol–water partition coefficient (Wildman–Crippen LogP) is -0.690. The summed E-state index contributed by atoms with van der Waals surface area (Å²) < 4.78 is 27.4. The van der Waals surface area contributed by atoms with Crippen LogP contribution in [0.5, 0.6) is 0 Å². The van der Waals surface area contributed by atoms with Gasteiger partial charge in [-0.25, -0.2) is 4.72 Å². The zero-order chi connectivity index (χ0) is 9.90. The van der Waals surface area contributed by atoms with Gasteiger partial charge >= 0.3 is 0 Å². The average Bonchev–Trinajstić information content (AvgIpc) is 2.35. The Morgan fingerprint density at radius 3 is 2.62 bits per heavy atom. The maximum absolute atomic E-state index is 11.3. The minimum absolute atomic E-state index is 0.0339. The van der Waals surface area contributed by atoms with Gasteiger partial charge in [0.15, 0.2) is 0 Å². The summed E-state index contributed by atoms with van der Waals surface area (Å²) in [5, 5.41) is 0. The van der Waals surface area contributed by atoms with Crippen molar-refractivity contribution in [3.63, 3.8) is 0 Å². The molecule has 1 fully saturated rings. The Bertz CT molecular complexity index is 252. The van der Waals surface area contributed by atoms with Gasteiger partial charge in [0, 0.05) is 18.6 Å². The quantitative estimate of drug-likeness (QED) is 0.570. The molecular formula is C7H17N3O2S. The molecular weight excluding hydrogens is 190 g/mol. The molecule has 13 heavy (non-hydrogen) atoms. The van der Waals surface area contributed by atoms with Gasteiger partial charge in [0.1, 0.15) is 0 Å². The number of hydrogen-bond donors (Lipinski definition) is 3. The molecule has 0 aromatic rings. The van der Waals surface area contributed by atoms with Crippen LogP contribution in [0.25, 0.3) is 0 Å². The van der Waals surface area contributed by atoms with Crippen LogP contribution in [-0.4, -0.2) is 27.0 Å². The van der Waals surface area contributed by atoms with Crippen LogP contribution >= 0.6 is 0 Å². The molecule has 0 aliphatic heterocycles. The Kier molecular flexibility index (Phi) is 3.66. The van der Waals surface area contributed by atoms with E-state index in [1.54, 1.807) is 6.92 Å². The predicted molar refractivity (Wildman–Crippen MR) is 51.3 cm³/mol. The van der Waals surface area contributed by atoms with Gasteiger partial charge in [0.2, 0.25) is 0 Å². The Labute approximate surface area is 79.3 Å². The van der Waals surface area contributed by atoms with E-state index in [4.69, 9.17) is 5.73 Å². The van der Waals surface area contributed by atoms with Crippen molar-refractivity contribution in [2.45, 2.75) is 38.3 Å². The van der Waals surface area contributed by atoms with Crippen LogP contribution in [0.3, 0.4) is 0 Å². The van der Waals surface area contributed by atoms with Gasteiger partial charge in [-0.2, -0.15) is 13.1 Å². The Morgan fingerprint density at radius 1 is 1.46 bits per heavy atom. The first-order chi connectivity index (χ1) is 6.05. The fourth-order valence-electron chi connectivity index (χ4n) is 1.57. The number of hydrogen-bond acceptors (Lipinski definition) is 3. The fourth-order valence-corrected chi connectivity index (χ4v) is 2.72. The molecule has 0 aromatic heterocycles. The Balaban J connectivity index is 2.47. The lowest BCUT2D eigenvalue weighted by Gasteiger charge is -2.16. The molecule has 4 N–H and O–H groups in total. The maximum atomic E-state index is 11.3. The summed E-state index contributed by atoms with van der Waals surface area (Å²) in [5.41, 5.74) is 5.73. The van der Waals surface area contributed by atoms with Crippen molar-refractivity contribution in [1.29, 1.82) is 0 Å². The fraction of sp³-hybridized carbons (Fsp3) is 1.00. The van der Waals surface area contributed by atoms with E-state index in [0.717, 1.165) is 19.3 Å². The highest BCUT2D eigenvalue weighted by Crippen LogP contribution is 2.17. The lowest BCUT2D eigenvalue weighted by Crippen LogP contribution is -2.48. The van der Waals surface area contributed by atoms with Crippen molar-refractivity contribution in [3.8, 4) is 0 Å². The molecule has 6 heteroatoms. The number of nitrogens with two attached hydrogens (primary N) is 1. The summed E-state index contributed by atoms with van der Waals surface area (Å²) in [6.45, 7) is 2.14. The van der Waals surface area contributed by atoms with Crippen LogP contribution in [0.15, 0.2) is 0 Å². The van der Waals surface area contributed by atoms with Gasteiger partial charge in [0.25, 0.3) is 10.2 Å². The van der Waals surface area contributed by atoms with Crippen molar-refractivity contribution in [2.24, 2.45) is 5.73 Å². The molecule has 1 saturated carbocycles. The van der Waals surface area contributed by atoms with Crippen LogP contribution in [0, 0.1) is 0 Å². The third kappa shape index (κ3) is 3.22. The van der Waals surface area contributed by atoms with E-state index in [1.165, 1.54) is 0 Å². The Morgan fingerprint density at radius 2 is 2.15 bits per heavy atom. The van der Waals surface area contributed by atoms with Gasteiger partial charge in [-0.15, -0.1) is 0 Å². The standard InChI is InChI=1S/C7H17N3O2S/c1-2-9-13(11,12)10-7-5-3-4-6(7)8/h6-7,9-10H,2-5,8H2,1H3. The molecule has 0 spiro atoms. The second-order valence-electron chi connectivity index (χ2n) is 3.32. The van der Waals surface area contributed by atoms with Crippen molar-refractivity contribution >= 4 is 10.2 Å². The van der Waals surface area contributed by atoms with E-state index < -0.39 is 10.2 Å². The van der Waals surface area contributed by atoms with Gasteiger partial charge in [0.05, 0.1) is 0 Å². The molecule has 5 nitrogen and oxygen atoms in total. The molecule has 2 atom stereocenters. The SMILES string of the molecule is CCNS(=O)(=O)NC1CCCC1N. The lowest BCUT2D eigenvalue weighted by molar-refractivity contribution is 0.514. The summed E-state index contributed by atoms with van der Waals surface area (Å²) in [5.74, 6) is 0. The van der Waals surface area contributed by atoms with E-state index in [-0.39, 0.29) is 12.1 Å². The van der Waals surface area contributed by atoms with E-state index >= 15 is 0 Å². The summed E-state index contributed by atoms with van der Waals surface area (Å²) in [6, 6.07) is -0.127. The smallest absolute Gasteiger partial charge is 0.277 e. The molecule has 78 valence electrons. The highest BCUT2D eigenvalue weighted by Gasteiger charge is 2.27. The molecule has 2 unspecified atom stereocenters. The first-order valence-corrected chi connectivity index (χ1v) is 6.06. The monoisotopic (exact) mass is 207 g/mol. The molecule has 1 aliphatic rings. The van der Waals surface area contributed by atoms with E-state index in [2.05, 4.69) is 9.44 Å². The van der Waals surface area contributed by atoms with Crippen LogP contribution in [0.4, 0.5) is 0 Å². The maximum Gasteiger partial charge on any atom is 0.277 e. The second kappa shape index (κ2) is 4.36. The van der Waals surface area contributed by atoms with E-state index in [9.17, 15) is 8.42 Å². The first-order valence-electron chi connectivity index (χ1n) is 4.57. The van der Waals surface area contributed by atoms with Gasteiger partial charge < -0.3 is 5.73 Å². The number of rotatable bonds is 4. The summed E-state index contributed by atoms with van der Waals surface area (Å²) >= 11 is 0. The summed E-state index contributed by atoms with van der Waals surface area (Å²) in [4.78, 5) is 0. The normalized spacial score (nSPS) is 29.4. The zero-order valence-electron chi connectivity index (χ0n) is 7.79. The molecule has 0 bridgehead atoms. The summed E-state index contributed by atoms with van der Waals surface area (Å²) in [6.07, 6.45) is 2.74. The molecule has 0 amide bonds. The highest BCUT2D eigenvalue weighted by molar-refractivity contribution is 7.87. The van der Waals surface area contributed by atoms with E-state index in [1.807, 2.05) is 0 Å². The number of nitrogens with one attached hydrogen (secondary N) is 2. The zero-order valence-corrected chi connectivity index (χ0v) is 8.60. The van der Waals surface area contributed by atoms with Gasteiger partial charge in [-0.05, 0) is 12.8 Å². The lowest BCUT2D eigenvalue weighted by atomic mass is 10.2. The third-order valence-corrected chi connectivity index (χ3v) is 3.49. The molecule has 0 heterocycles. The van der Waals surface area contributed by atoms with Gasteiger partial charge in [-0.1, -0.05) is 13.3 Å². The highest BCUT2D eigenvalue weighted by atomic mass is 32.2. The van der Waals surface area contributed by atoms with Gasteiger partial charge in [-0.3, -0.25) is 0 Å². The molecule has 1 rings (SSSR count). The molecule has 0 aromatic carbocycles. The summed E-state index contributed by atoms with van der Waals surface area (Å²) in [7, 11) is -3.33. The van der Waals surface area contributed by atoms with Crippen molar-refractivity contribution in [2.75, 3.05) is 6.54 Å². The minimum Gasteiger partial charge on any atom is -0.326 e. The van der Waals surface area contributed by atoms with Crippen molar-refractivity contribution in [3.05, 3.63) is 0 Å². The third-order valence-electron chi connectivity index (χ3n) is 2.21. The second-order valence-corrected chi connectivity index (χ2v) is 4.85. The first kappa shape index (κ1) is 10.9. The molecule has 0 saturated heterocycles.